The highest BCUT2D eigenvalue weighted by Crippen LogP contribution is 2.41. The normalized spacial score (nSPS) is 20.4. The van der Waals surface area contributed by atoms with Gasteiger partial charge >= 0.3 is 6.09 Å². The molecule has 0 N–H and O–H groups in total. The second kappa shape index (κ2) is 8.52. The third kappa shape index (κ3) is 4.43. The van der Waals surface area contributed by atoms with Crippen LogP contribution in [0.5, 0.6) is 0 Å². The zero-order valence-electron chi connectivity index (χ0n) is 20.0. The molecule has 1 fully saturated rings. The fourth-order valence-corrected chi connectivity index (χ4v) is 4.97. The fourth-order valence-electron chi connectivity index (χ4n) is 4.97. The summed E-state index contributed by atoms with van der Waals surface area (Å²) in [5, 5.41) is 13.2. The minimum Gasteiger partial charge on any atom is -0.444 e. The number of amides is 1. The van der Waals surface area contributed by atoms with E-state index in [1.807, 2.05) is 38.3 Å². The molecule has 0 radical (unpaired) electrons. The highest BCUT2D eigenvalue weighted by molar-refractivity contribution is 5.68. The van der Waals surface area contributed by atoms with Crippen LogP contribution in [0, 0.1) is 12.7 Å². The molecule has 9 heteroatoms. The van der Waals surface area contributed by atoms with Crippen molar-refractivity contribution in [3.63, 3.8) is 0 Å². The Morgan fingerprint density at radius 1 is 1.09 bits per heavy atom. The molecular weight excluding hydrogens is 437 g/mol. The van der Waals surface area contributed by atoms with Gasteiger partial charge in [-0.1, -0.05) is 5.16 Å². The van der Waals surface area contributed by atoms with Gasteiger partial charge in [0.2, 0.25) is 0 Å². The first kappa shape index (κ1) is 22.6. The van der Waals surface area contributed by atoms with Crippen LogP contribution in [-0.2, 0) is 17.8 Å². The number of hydrogen-bond acceptors (Lipinski definition) is 6. The summed E-state index contributed by atoms with van der Waals surface area (Å²) in [7, 11) is 0. The molecule has 8 nitrogen and oxygen atoms in total. The molecule has 1 saturated carbocycles. The van der Waals surface area contributed by atoms with Gasteiger partial charge in [-0.15, -0.1) is 10.2 Å². The van der Waals surface area contributed by atoms with Gasteiger partial charge in [-0.2, -0.15) is 0 Å². The highest BCUT2D eigenvalue weighted by atomic mass is 19.1. The second-order valence-corrected chi connectivity index (χ2v) is 10.3. The standard InChI is InChI=1S/C25H30FN5O3/c1-15-11-20(29-34-15)16-5-7-17(8-6-16)23-28-27-22-14-30(24(32)33-25(2,3)4)13-18-12-19(26)9-10-21(18)31(22)23/h9-12,16-17H,5-8,13-14H2,1-4H3. The van der Waals surface area contributed by atoms with Gasteiger partial charge < -0.3 is 9.26 Å². The van der Waals surface area contributed by atoms with Crippen molar-refractivity contribution in [1.82, 2.24) is 24.8 Å². The van der Waals surface area contributed by atoms with Gasteiger partial charge in [-0.05, 0) is 77.1 Å². The van der Waals surface area contributed by atoms with Crippen molar-refractivity contribution >= 4 is 6.09 Å². The van der Waals surface area contributed by atoms with Crippen molar-refractivity contribution < 1.29 is 18.4 Å². The molecule has 1 aliphatic heterocycles. The molecule has 1 amide bonds. The maximum absolute atomic E-state index is 14.2. The van der Waals surface area contributed by atoms with Crippen LogP contribution in [0.1, 0.15) is 87.0 Å². The highest BCUT2D eigenvalue weighted by Gasteiger charge is 2.33. The van der Waals surface area contributed by atoms with E-state index in [-0.39, 0.29) is 24.8 Å². The molecule has 3 aromatic rings. The third-order valence-corrected chi connectivity index (χ3v) is 6.54. The average molecular weight is 468 g/mol. The van der Waals surface area contributed by atoms with Crippen molar-refractivity contribution in [3.8, 4) is 5.69 Å². The van der Waals surface area contributed by atoms with Gasteiger partial charge in [-0.3, -0.25) is 9.47 Å². The molecule has 0 bridgehead atoms. The zero-order chi connectivity index (χ0) is 24.0. The summed E-state index contributed by atoms with van der Waals surface area (Å²) in [6.07, 6.45) is 3.41. The molecule has 180 valence electrons. The van der Waals surface area contributed by atoms with E-state index in [0.29, 0.717) is 17.3 Å². The number of carbonyl (C=O) groups excluding carboxylic acids is 1. The van der Waals surface area contributed by atoms with Gasteiger partial charge in [0, 0.05) is 17.9 Å². The molecular formula is C25H30FN5O3. The minimum atomic E-state index is -0.631. The summed E-state index contributed by atoms with van der Waals surface area (Å²) < 4.78 is 27.1. The Bertz CT molecular complexity index is 1200. The first-order valence-corrected chi connectivity index (χ1v) is 11.8. The van der Waals surface area contributed by atoms with Gasteiger partial charge in [0.15, 0.2) is 5.82 Å². The van der Waals surface area contributed by atoms with Crippen LogP contribution in [0.15, 0.2) is 28.8 Å². The van der Waals surface area contributed by atoms with Gasteiger partial charge in [0.25, 0.3) is 0 Å². The van der Waals surface area contributed by atoms with E-state index in [2.05, 4.69) is 15.4 Å². The first-order chi connectivity index (χ1) is 16.2. The number of aromatic nitrogens is 4. The van der Waals surface area contributed by atoms with Crippen LogP contribution in [0.2, 0.25) is 0 Å². The van der Waals surface area contributed by atoms with Gasteiger partial charge in [0.1, 0.15) is 23.0 Å². The number of nitrogens with zero attached hydrogens (tertiary/aromatic N) is 5. The van der Waals surface area contributed by atoms with E-state index in [1.165, 1.54) is 12.1 Å². The number of ether oxygens (including phenoxy) is 1. The molecule has 5 rings (SSSR count). The van der Waals surface area contributed by atoms with Crippen LogP contribution in [0.3, 0.4) is 0 Å². The molecule has 34 heavy (non-hydrogen) atoms. The van der Waals surface area contributed by atoms with Crippen LogP contribution >= 0.6 is 0 Å². The molecule has 0 unspecified atom stereocenters. The Morgan fingerprint density at radius 2 is 1.82 bits per heavy atom. The lowest BCUT2D eigenvalue weighted by atomic mass is 9.80. The van der Waals surface area contributed by atoms with Crippen LogP contribution in [-0.4, -0.2) is 36.5 Å². The number of aryl methyl sites for hydroxylation is 1. The number of hydrogen-bond donors (Lipinski definition) is 0. The summed E-state index contributed by atoms with van der Waals surface area (Å²) in [5.41, 5.74) is 1.91. The smallest absolute Gasteiger partial charge is 0.411 e. The van der Waals surface area contributed by atoms with Crippen molar-refractivity contribution in [2.24, 2.45) is 0 Å². The number of benzene rings is 1. The van der Waals surface area contributed by atoms with Gasteiger partial charge in [0.05, 0.1) is 24.5 Å². The van der Waals surface area contributed by atoms with Crippen LogP contribution in [0.25, 0.3) is 5.69 Å². The molecule has 1 aromatic carbocycles. The van der Waals surface area contributed by atoms with Crippen LogP contribution in [0.4, 0.5) is 9.18 Å². The first-order valence-electron chi connectivity index (χ1n) is 11.8. The molecule has 3 heterocycles. The maximum atomic E-state index is 14.2. The quantitative estimate of drug-likeness (QED) is 0.502. The predicted molar refractivity (Wildman–Crippen MR) is 122 cm³/mol. The van der Waals surface area contributed by atoms with E-state index in [1.54, 1.807) is 11.0 Å². The fraction of sp³-hybridized carbons (Fsp3) is 0.520. The average Bonchev–Trinajstić information content (AvgIpc) is 3.35. The summed E-state index contributed by atoms with van der Waals surface area (Å²) in [6.45, 7) is 7.87. The van der Waals surface area contributed by atoms with Crippen molar-refractivity contribution in [1.29, 1.82) is 0 Å². The summed E-state index contributed by atoms with van der Waals surface area (Å²) in [5.74, 6) is 2.60. The van der Waals surface area contributed by atoms with Crippen molar-refractivity contribution in [2.45, 2.75) is 83.9 Å². The Kier molecular flexibility index (Phi) is 5.65. The topological polar surface area (TPSA) is 86.3 Å². The minimum absolute atomic E-state index is 0.219. The number of carbonyl (C=O) groups is 1. The van der Waals surface area contributed by atoms with E-state index in [4.69, 9.17) is 9.26 Å². The SMILES string of the molecule is Cc1cc(C2CCC(c3nnc4n3-c3ccc(F)cc3CN(C(=O)OC(C)(C)C)C4)CC2)no1. The Labute approximate surface area is 198 Å². The molecule has 0 saturated heterocycles. The Hall–Kier alpha value is -3.23. The van der Waals surface area contributed by atoms with Crippen molar-refractivity contribution in [2.75, 3.05) is 0 Å². The molecule has 1 aliphatic carbocycles. The molecule has 0 spiro atoms. The molecule has 2 aliphatic rings. The number of halogens is 1. The van der Waals surface area contributed by atoms with Gasteiger partial charge in [-0.25, -0.2) is 9.18 Å². The monoisotopic (exact) mass is 467 g/mol. The van der Waals surface area contributed by atoms with Crippen LogP contribution < -0.4 is 0 Å². The van der Waals surface area contributed by atoms with E-state index >= 15 is 0 Å². The maximum Gasteiger partial charge on any atom is 0.411 e. The molecule has 2 aromatic heterocycles. The number of fused-ring (bicyclic) bond motifs is 3. The largest absolute Gasteiger partial charge is 0.444 e. The van der Waals surface area contributed by atoms with Crippen molar-refractivity contribution in [3.05, 3.63) is 58.7 Å². The third-order valence-electron chi connectivity index (χ3n) is 6.54. The summed E-state index contributed by atoms with van der Waals surface area (Å²) in [6, 6.07) is 6.70. The second-order valence-electron chi connectivity index (χ2n) is 10.3. The lowest BCUT2D eigenvalue weighted by Gasteiger charge is -2.27. The zero-order valence-corrected chi connectivity index (χ0v) is 20.0. The summed E-state index contributed by atoms with van der Waals surface area (Å²) in [4.78, 5) is 14.5. The van der Waals surface area contributed by atoms with E-state index < -0.39 is 11.7 Å². The predicted octanol–water partition coefficient (Wildman–Crippen LogP) is 5.39. The Morgan fingerprint density at radius 3 is 2.50 bits per heavy atom. The molecule has 0 atom stereocenters. The van der Waals surface area contributed by atoms with E-state index in [0.717, 1.165) is 48.6 Å². The number of rotatable bonds is 2. The lowest BCUT2D eigenvalue weighted by Crippen LogP contribution is -2.35. The van der Waals surface area contributed by atoms with E-state index in [9.17, 15) is 9.18 Å². The lowest BCUT2D eigenvalue weighted by molar-refractivity contribution is 0.0214. The summed E-state index contributed by atoms with van der Waals surface area (Å²) >= 11 is 0. The Balaban J connectivity index is 1.44.